The molecule has 0 unspecified atom stereocenters. The topological polar surface area (TPSA) is 44.5 Å². The molecule has 1 aliphatic rings. The van der Waals surface area contributed by atoms with Gasteiger partial charge in [0, 0.05) is 6.54 Å². The molecule has 0 amide bonds. The minimum atomic E-state index is 0.497. The number of hydrogen-bond donors (Lipinski definition) is 1. The molecule has 0 atom stereocenters. The van der Waals surface area contributed by atoms with E-state index in [2.05, 4.69) is 15.9 Å². The van der Waals surface area contributed by atoms with Gasteiger partial charge in [-0.1, -0.05) is 12.8 Å². The molecule has 0 aromatic heterocycles. The summed E-state index contributed by atoms with van der Waals surface area (Å²) in [4.78, 5) is 0. The van der Waals surface area contributed by atoms with Crippen molar-refractivity contribution in [1.29, 1.82) is 0 Å². The first-order valence-electron chi connectivity index (χ1n) is 5.94. The Hall–Kier alpha value is -0.740. The van der Waals surface area contributed by atoms with Crippen molar-refractivity contribution in [1.82, 2.24) is 0 Å². The van der Waals surface area contributed by atoms with Gasteiger partial charge in [0.05, 0.1) is 18.2 Å². The fourth-order valence-corrected chi connectivity index (χ4v) is 2.37. The Labute approximate surface area is 110 Å². The van der Waals surface area contributed by atoms with Crippen LogP contribution in [-0.4, -0.2) is 13.7 Å². The Morgan fingerprint density at radius 2 is 2.18 bits per heavy atom. The molecule has 17 heavy (non-hydrogen) atoms. The summed E-state index contributed by atoms with van der Waals surface area (Å²) in [5.74, 6) is 2.41. The van der Waals surface area contributed by atoms with E-state index < -0.39 is 0 Å². The number of nitrogens with two attached hydrogens (primary N) is 1. The SMILES string of the molecule is COc1cc(CN)cc(Br)c1OCCC1CC1. The third-order valence-corrected chi connectivity index (χ3v) is 3.58. The maximum atomic E-state index is 5.80. The van der Waals surface area contributed by atoms with Crippen molar-refractivity contribution in [3.05, 3.63) is 22.2 Å². The van der Waals surface area contributed by atoms with Crippen LogP contribution in [0.5, 0.6) is 11.5 Å². The first-order chi connectivity index (χ1) is 8.24. The number of hydrogen-bond acceptors (Lipinski definition) is 3. The Morgan fingerprint density at radius 3 is 2.76 bits per heavy atom. The van der Waals surface area contributed by atoms with Crippen molar-refractivity contribution in [2.24, 2.45) is 11.7 Å². The van der Waals surface area contributed by atoms with Crippen LogP contribution in [0.3, 0.4) is 0 Å². The highest BCUT2D eigenvalue weighted by Crippen LogP contribution is 2.38. The highest BCUT2D eigenvalue weighted by Gasteiger charge is 2.21. The molecule has 2 N–H and O–H groups in total. The van der Waals surface area contributed by atoms with Crippen LogP contribution in [0.25, 0.3) is 0 Å². The molecule has 1 aromatic rings. The predicted octanol–water partition coefficient (Wildman–Crippen LogP) is 3.10. The van der Waals surface area contributed by atoms with E-state index in [1.165, 1.54) is 12.8 Å². The lowest BCUT2D eigenvalue weighted by Crippen LogP contribution is -2.03. The van der Waals surface area contributed by atoms with Crippen molar-refractivity contribution in [3.8, 4) is 11.5 Å². The summed E-state index contributed by atoms with van der Waals surface area (Å²) in [6.45, 7) is 1.25. The molecule has 3 nitrogen and oxygen atoms in total. The number of methoxy groups -OCH3 is 1. The van der Waals surface area contributed by atoms with E-state index in [4.69, 9.17) is 15.2 Å². The minimum Gasteiger partial charge on any atom is -0.493 e. The molecule has 0 aliphatic heterocycles. The van der Waals surface area contributed by atoms with Crippen LogP contribution in [0, 0.1) is 5.92 Å². The molecule has 0 spiro atoms. The molecular weight excluding hydrogens is 282 g/mol. The molecule has 1 saturated carbocycles. The maximum absolute atomic E-state index is 5.80. The number of benzene rings is 1. The van der Waals surface area contributed by atoms with Crippen LogP contribution in [0.1, 0.15) is 24.8 Å². The summed E-state index contributed by atoms with van der Waals surface area (Å²) in [7, 11) is 1.65. The standard InChI is InChI=1S/C13H18BrNO2/c1-16-12-7-10(8-15)6-11(14)13(12)17-5-4-9-2-3-9/h6-7,9H,2-5,8,15H2,1H3. The Balaban J connectivity index is 2.06. The van der Waals surface area contributed by atoms with Gasteiger partial charge in [-0.25, -0.2) is 0 Å². The summed E-state index contributed by atoms with van der Waals surface area (Å²) in [6, 6.07) is 3.91. The third-order valence-electron chi connectivity index (χ3n) is 2.99. The van der Waals surface area contributed by atoms with Gasteiger partial charge in [-0.2, -0.15) is 0 Å². The van der Waals surface area contributed by atoms with Gasteiger partial charge < -0.3 is 15.2 Å². The van der Waals surface area contributed by atoms with Gasteiger partial charge in [-0.3, -0.25) is 0 Å². The predicted molar refractivity (Wildman–Crippen MR) is 71.4 cm³/mol. The zero-order chi connectivity index (χ0) is 12.3. The zero-order valence-electron chi connectivity index (χ0n) is 10.0. The van der Waals surface area contributed by atoms with Gasteiger partial charge in [0.1, 0.15) is 0 Å². The molecule has 1 fully saturated rings. The van der Waals surface area contributed by atoms with Crippen LogP contribution in [-0.2, 0) is 6.54 Å². The number of halogens is 1. The van der Waals surface area contributed by atoms with Crippen LogP contribution in [0.15, 0.2) is 16.6 Å². The highest BCUT2D eigenvalue weighted by molar-refractivity contribution is 9.10. The summed E-state index contributed by atoms with van der Waals surface area (Å²) in [5.41, 5.74) is 6.65. The van der Waals surface area contributed by atoms with Gasteiger partial charge >= 0.3 is 0 Å². The molecule has 4 heteroatoms. The molecule has 0 bridgehead atoms. The largest absolute Gasteiger partial charge is 0.493 e. The molecule has 2 rings (SSSR count). The Bertz CT molecular complexity index is 391. The summed E-state index contributed by atoms with van der Waals surface area (Å²) >= 11 is 3.50. The van der Waals surface area contributed by atoms with Crippen molar-refractivity contribution < 1.29 is 9.47 Å². The third kappa shape index (κ3) is 3.36. The average Bonchev–Trinajstić information content (AvgIpc) is 3.14. The van der Waals surface area contributed by atoms with E-state index >= 15 is 0 Å². The van der Waals surface area contributed by atoms with E-state index in [-0.39, 0.29) is 0 Å². The van der Waals surface area contributed by atoms with Gasteiger partial charge in [-0.15, -0.1) is 0 Å². The second-order valence-electron chi connectivity index (χ2n) is 4.39. The fraction of sp³-hybridized carbons (Fsp3) is 0.538. The van der Waals surface area contributed by atoms with Crippen molar-refractivity contribution >= 4 is 15.9 Å². The summed E-state index contributed by atoms with van der Waals surface area (Å²) < 4.78 is 12.0. The maximum Gasteiger partial charge on any atom is 0.175 e. The Kier molecular flexibility index (Phi) is 4.29. The lowest BCUT2D eigenvalue weighted by atomic mass is 10.2. The minimum absolute atomic E-state index is 0.497. The molecule has 0 saturated heterocycles. The highest BCUT2D eigenvalue weighted by atomic mass is 79.9. The van der Waals surface area contributed by atoms with Crippen molar-refractivity contribution in [2.45, 2.75) is 25.8 Å². The lowest BCUT2D eigenvalue weighted by Gasteiger charge is -2.13. The molecule has 0 heterocycles. The van der Waals surface area contributed by atoms with E-state index in [0.717, 1.165) is 40.5 Å². The van der Waals surface area contributed by atoms with Crippen LogP contribution in [0.2, 0.25) is 0 Å². The smallest absolute Gasteiger partial charge is 0.175 e. The second-order valence-corrected chi connectivity index (χ2v) is 5.25. The van der Waals surface area contributed by atoms with Crippen LogP contribution in [0.4, 0.5) is 0 Å². The van der Waals surface area contributed by atoms with Crippen LogP contribution < -0.4 is 15.2 Å². The van der Waals surface area contributed by atoms with E-state index in [0.29, 0.717) is 6.54 Å². The second kappa shape index (κ2) is 5.74. The quantitative estimate of drug-likeness (QED) is 0.878. The van der Waals surface area contributed by atoms with Gasteiger partial charge in [0.2, 0.25) is 0 Å². The van der Waals surface area contributed by atoms with Crippen molar-refractivity contribution in [3.63, 3.8) is 0 Å². The Morgan fingerprint density at radius 1 is 1.41 bits per heavy atom. The van der Waals surface area contributed by atoms with Crippen LogP contribution >= 0.6 is 15.9 Å². The molecule has 94 valence electrons. The normalized spacial score (nSPS) is 14.8. The molecular formula is C13H18BrNO2. The monoisotopic (exact) mass is 299 g/mol. The molecule has 0 radical (unpaired) electrons. The van der Waals surface area contributed by atoms with Gasteiger partial charge in [0.15, 0.2) is 11.5 Å². The first kappa shape index (κ1) is 12.7. The molecule has 1 aromatic carbocycles. The average molecular weight is 300 g/mol. The fourth-order valence-electron chi connectivity index (χ4n) is 1.77. The molecule has 1 aliphatic carbocycles. The zero-order valence-corrected chi connectivity index (χ0v) is 11.6. The number of ether oxygens (including phenoxy) is 2. The number of rotatable bonds is 6. The van der Waals surface area contributed by atoms with Gasteiger partial charge in [0.25, 0.3) is 0 Å². The summed E-state index contributed by atoms with van der Waals surface area (Å²) in [5, 5.41) is 0. The van der Waals surface area contributed by atoms with E-state index in [9.17, 15) is 0 Å². The summed E-state index contributed by atoms with van der Waals surface area (Å²) in [6.07, 6.45) is 3.84. The lowest BCUT2D eigenvalue weighted by molar-refractivity contribution is 0.281. The van der Waals surface area contributed by atoms with Crippen molar-refractivity contribution in [2.75, 3.05) is 13.7 Å². The van der Waals surface area contributed by atoms with E-state index in [1.54, 1.807) is 7.11 Å². The van der Waals surface area contributed by atoms with Gasteiger partial charge in [-0.05, 0) is 46.0 Å². The van der Waals surface area contributed by atoms with E-state index in [1.807, 2.05) is 12.1 Å². The first-order valence-corrected chi connectivity index (χ1v) is 6.73.